The van der Waals surface area contributed by atoms with Gasteiger partial charge in [0.2, 0.25) is 0 Å². The highest BCUT2D eigenvalue weighted by Crippen LogP contribution is 2.29. The molecule has 0 atom stereocenters. The Morgan fingerprint density at radius 2 is 1.61 bits per heavy atom. The summed E-state index contributed by atoms with van der Waals surface area (Å²) < 4.78 is 7.44. The van der Waals surface area contributed by atoms with Gasteiger partial charge in [-0.2, -0.15) is 0 Å². The Labute approximate surface area is 143 Å². The Morgan fingerprint density at radius 3 is 2.06 bits per heavy atom. The SMILES string of the molecule is O=C(CC(=O)C(=O)O)Oc1c(I)cc(I)cc1I. The standard InChI is InChI=1S/C10H5I3O5/c11-4-1-5(12)9(6(13)2-4)18-8(15)3-7(14)10(16)17/h1-2H,3H2,(H,16,17). The third-order valence-electron chi connectivity index (χ3n) is 1.72. The number of esters is 1. The number of carbonyl (C=O) groups is 3. The van der Waals surface area contributed by atoms with Gasteiger partial charge in [0, 0.05) is 3.57 Å². The van der Waals surface area contributed by atoms with Gasteiger partial charge in [0.25, 0.3) is 5.78 Å². The number of Topliss-reactive ketones (excluding diaryl/α,β-unsaturated/α-hetero) is 1. The fourth-order valence-electron chi connectivity index (χ4n) is 0.983. The van der Waals surface area contributed by atoms with Gasteiger partial charge < -0.3 is 9.84 Å². The van der Waals surface area contributed by atoms with Crippen LogP contribution in [0.4, 0.5) is 0 Å². The molecule has 0 aliphatic rings. The van der Waals surface area contributed by atoms with Crippen LogP contribution in [0.5, 0.6) is 5.75 Å². The van der Waals surface area contributed by atoms with Crippen molar-refractivity contribution in [1.82, 2.24) is 0 Å². The molecule has 0 saturated heterocycles. The lowest BCUT2D eigenvalue weighted by Crippen LogP contribution is -2.20. The number of aliphatic carboxylic acids is 1. The normalized spacial score (nSPS) is 9.94. The van der Waals surface area contributed by atoms with E-state index in [2.05, 4.69) is 22.6 Å². The van der Waals surface area contributed by atoms with Crippen molar-refractivity contribution < 1.29 is 24.2 Å². The van der Waals surface area contributed by atoms with Gasteiger partial charge in [-0.05, 0) is 79.9 Å². The Kier molecular flexibility index (Phi) is 6.23. The smallest absolute Gasteiger partial charge is 0.372 e. The molecule has 0 saturated carbocycles. The minimum absolute atomic E-state index is 0.347. The molecule has 8 heteroatoms. The molecular formula is C10H5I3O5. The Hall–Kier alpha value is 0.0200. The van der Waals surface area contributed by atoms with E-state index in [9.17, 15) is 14.4 Å². The van der Waals surface area contributed by atoms with Crippen LogP contribution < -0.4 is 4.74 Å². The summed E-state index contributed by atoms with van der Waals surface area (Å²) in [6.07, 6.45) is -0.770. The maximum absolute atomic E-state index is 11.4. The van der Waals surface area contributed by atoms with Crippen LogP contribution in [0.3, 0.4) is 0 Å². The molecule has 0 radical (unpaired) electrons. The third-order valence-corrected chi connectivity index (χ3v) is 3.95. The summed E-state index contributed by atoms with van der Waals surface area (Å²) in [5, 5.41) is 8.38. The minimum atomic E-state index is -1.64. The molecule has 0 aliphatic carbocycles. The zero-order valence-corrected chi connectivity index (χ0v) is 15.0. The lowest BCUT2D eigenvalue weighted by molar-refractivity contribution is -0.152. The van der Waals surface area contributed by atoms with Gasteiger partial charge in [-0.1, -0.05) is 0 Å². The van der Waals surface area contributed by atoms with Gasteiger partial charge in [0.1, 0.15) is 6.42 Å². The Morgan fingerprint density at radius 1 is 1.11 bits per heavy atom. The first kappa shape index (κ1) is 16.1. The Bertz CT molecular complexity index is 503. The van der Waals surface area contributed by atoms with Gasteiger partial charge in [0.05, 0.1) is 7.14 Å². The number of carboxylic acids is 1. The third kappa shape index (κ3) is 4.60. The van der Waals surface area contributed by atoms with E-state index in [1.165, 1.54) is 0 Å². The maximum atomic E-state index is 11.4. The number of hydrogen-bond donors (Lipinski definition) is 1. The fourth-order valence-corrected chi connectivity index (χ4v) is 4.79. The molecule has 18 heavy (non-hydrogen) atoms. The van der Waals surface area contributed by atoms with Gasteiger partial charge in [-0.15, -0.1) is 0 Å². The van der Waals surface area contributed by atoms with Crippen LogP contribution in [-0.2, 0) is 14.4 Å². The van der Waals surface area contributed by atoms with E-state index in [4.69, 9.17) is 9.84 Å². The second kappa shape index (κ2) is 6.98. The van der Waals surface area contributed by atoms with Crippen LogP contribution in [-0.4, -0.2) is 22.8 Å². The molecule has 5 nitrogen and oxygen atoms in total. The predicted octanol–water partition coefficient (Wildman–Crippen LogP) is 2.45. The number of ether oxygens (including phenoxy) is 1. The molecule has 0 aromatic heterocycles. The van der Waals surface area contributed by atoms with Crippen molar-refractivity contribution in [3.05, 3.63) is 22.8 Å². The molecule has 0 amide bonds. The van der Waals surface area contributed by atoms with Crippen molar-refractivity contribution in [3.8, 4) is 5.75 Å². The van der Waals surface area contributed by atoms with Crippen molar-refractivity contribution >= 4 is 85.5 Å². The van der Waals surface area contributed by atoms with Gasteiger partial charge in [-0.3, -0.25) is 9.59 Å². The number of carboxylic acid groups (broad SMARTS) is 1. The number of ketones is 1. The van der Waals surface area contributed by atoms with Crippen molar-refractivity contribution in [2.45, 2.75) is 6.42 Å². The summed E-state index contributed by atoms with van der Waals surface area (Å²) in [4.78, 5) is 32.6. The van der Waals surface area contributed by atoms with E-state index < -0.39 is 24.1 Å². The quantitative estimate of drug-likeness (QED) is 0.193. The molecule has 0 spiro atoms. The first-order chi connectivity index (χ1) is 8.31. The van der Waals surface area contributed by atoms with E-state index >= 15 is 0 Å². The highest BCUT2D eigenvalue weighted by molar-refractivity contribution is 14.1. The maximum Gasteiger partial charge on any atom is 0.372 e. The second-order valence-electron chi connectivity index (χ2n) is 3.08. The van der Waals surface area contributed by atoms with E-state index in [-0.39, 0.29) is 0 Å². The van der Waals surface area contributed by atoms with Crippen LogP contribution in [0.25, 0.3) is 0 Å². The first-order valence-electron chi connectivity index (χ1n) is 4.42. The van der Waals surface area contributed by atoms with E-state index in [0.717, 1.165) is 10.7 Å². The highest BCUT2D eigenvalue weighted by atomic mass is 127. The number of benzene rings is 1. The van der Waals surface area contributed by atoms with Crippen molar-refractivity contribution in [1.29, 1.82) is 0 Å². The first-order valence-corrected chi connectivity index (χ1v) is 7.66. The molecule has 1 N–H and O–H groups in total. The van der Waals surface area contributed by atoms with Crippen LogP contribution in [0, 0.1) is 10.7 Å². The van der Waals surface area contributed by atoms with Crippen molar-refractivity contribution in [2.75, 3.05) is 0 Å². The summed E-state index contributed by atoms with van der Waals surface area (Å²) in [5.74, 6) is -3.35. The average Bonchev–Trinajstić information content (AvgIpc) is 2.23. The number of rotatable bonds is 4. The topological polar surface area (TPSA) is 80.7 Å². The lowest BCUT2D eigenvalue weighted by atomic mass is 10.3. The fraction of sp³-hybridized carbons (Fsp3) is 0.100. The van der Waals surface area contributed by atoms with E-state index in [1.54, 1.807) is 0 Å². The number of halogens is 3. The monoisotopic (exact) mass is 586 g/mol. The van der Waals surface area contributed by atoms with E-state index in [0.29, 0.717) is 5.75 Å². The summed E-state index contributed by atoms with van der Waals surface area (Å²) in [6, 6.07) is 3.62. The van der Waals surface area contributed by atoms with Gasteiger partial charge >= 0.3 is 11.9 Å². The molecule has 0 bridgehead atoms. The van der Waals surface area contributed by atoms with Gasteiger partial charge in [-0.25, -0.2) is 4.79 Å². The van der Waals surface area contributed by atoms with Crippen LogP contribution >= 0.6 is 67.8 Å². The molecule has 0 unspecified atom stereocenters. The zero-order chi connectivity index (χ0) is 13.9. The molecule has 96 valence electrons. The van der Waals surface area contributed by atoms with Crippen molar-refractivity contribution in [3.63, 3.8) is 0 Å². The Balaban J connectivity index is 2.83. The minimum Gasteiger partial charge on any atom is -0.475 e. The zero-order valence-electron chi connectivity index (χ0n) is 8.58. The molecule has 0 heterocycles. The second-order valence-corrected chi connectivity index (χ2v) is 6.65. The lowest BCUT2D eigenvalue weighted by Gasteiger charge is -2.08. The summed E-state index contributed by atoms with van der Waals surface area (Å²) in [5.41, 5.74) is 0. The van der Waals surface area contributed by atoms with Crippen molar-refractivity contribution in [2.24, 2.45) is 0 Å². The summed E-state index contributed by atoms with van der Waals surface area (Å²) in [6.45, 7) is 0. The summed E-state index contributed by atoms with van der Waals surface area (Å²) >= 11 is 6.14. The molecule has 1 aromatic rings. The number of carbonyl (C=O) groups excluding carboxylic acids is 2. The molecule has 1 aromatic carbocycles. The predicted molar refractivity (Wildman–Crippen MR) is 87.5 cm³/mol. The molecule has 0 fully saturated rings. The van der Waals surface area contributed by atoms with E-state index in [1.807, 2.05) is 57.3 Å². The average molecular weight is 586 g/mol. The molecule has 1 rings (SSSR count). The molecule has 0 aliphatic heterocycles. The largest absolute Gasteiger partial charge is 0.475 e. The molecular weight excluding hydrogens is 581 g/mol. The number of hydrogen-bond acceptors (Lipinski definition) is 4. The van der Waals surface area contributed by atoms with Crippen LogP contribution in [0.2, 0.25) is 0 Å². The van der Waals surface area contributed by atoms with Crippen LogP contribution in [0.15, 0.2) is 12.1 Å². The highest BCUT2D eigenvalue weighted by Gasteiger charge is 2.20. The summed E-state index contributed by atoms with van der Waals surface area (Å²) in [7, 11) is 0. The van der Waals surface area contributed by atoms with Gasteiger partial charge in [0.15, 0.2) is 5.75 Å². The van der Waals surface area contributed by atoms with Crippen LogP contribution in [0.1, 0.15) is 6.42 Å².